The van der Waals surface area contributed by atoms with Gasteiger partial charge in [-0.15, -0.1) is 11.3 Å². The van der Waals surface area contributed by atoms with E-state index in [2.05, 4.69) is 16.9 Å². The Morgan fingerprint density at radius 3 is 2.94 bits per heavy atom. The van der Waals surface area contributed by atoms with E-state index in [1.54, 1.807) is 17.5 Å². The number of aliphatic carboxylic acids is 1. The summed E-state index contributed by atoms with van der Waals surface area (Å²) in [4.78, 5) is 18.1. The van der Waals surface area contributed by atoms with Crippen molar-refractivity contribution in [3.63, 3.8) is 0 Å². The van der Waals surface area contributed by atoms with Crippen molar-refractivity contribution in [3.05, 3.63) is 16.1 Å². The zero-order valence-corrected chi connectivity index (χ0v) is 10.2. The van der Waals surface area contributed by atoms with Crippen molar-refractivity contribution in [2.45, 2.75) is 25.2 Å². The second kappa shape index (κ2) is 4.93. The lowest BCUT2D eigenvalue weighted by Gasteiger charge is -2.27. The number of hydrogen-bond acceptors (Lipinski definition) is 4. The Bertz CT molecular complexity index is 370. The molecule has 1 aliphatic heterocycles. The van der Waals surface area contributed by atoms with Crippen molar-refractivity contribution < 1.29 is 9.90 Å². The number of carboxylic acids is 1. The largest absolute Gasteiger partial charge is 0.481 e. The highest BCUT2D eigenvalue weighted by Crippen LogP contribution is 2.30. The van der Waals surface area contributed by atoms with Gasteiger partial charge in [-0.3, -0.25) is 4.79 Å². The van der Waals surface area contributed by atoms with Gasteiger partial charge in [-0.1, -0.05) is 0 Å². The summed E-state index contributed by atoms with van der Waals surface area (Å²) in [7, 11) is 2.13. The summed E-state index contributed by atoms with van der Waals surface area (Å²) < 4.78 is 0. The van der Waals surface area contributed by atoms with Crippen LogP contribution in [0.3, 0.4) is 0 Å². The monoisotopic (exact) mass is 240 g/mol. The van der Waals surface area contributed by atoms with E-state index in [1.807, 2.05) is 0 Å². The molecule has 4 nitrogen and oxygen atoms in total. The van der Waals surface area contributed by atoms with Crippen LogP contribution in [-0.4, -0.2) is 41.1 Å². The van der Waals surface area contributed by atoms with E-state index in [0.29, 0.717) is 5.92 Å². The first-order chi connectivity index (χ1) is 7.65. The van der Waals surface area contributed by atoms with Crippen LogP contribution in [0.15, 0.2) is 6.20 Å². The maximum atomic E-state index is 10.6. The van der Waals surface area contributed by atoms with Gasteiger partial charge < -0.3 is 10.0 Å². The van der Waals surface area contributed by atoms with Gasteiger partial charge in [-0.2, -0.15) is 0 Å². The number of hydrogen-bond donors (Lipinski definition) is 1. The summed E-state index contributed by atoms with van der Waals surface area (Å²) in [6.45, 7) is 2.22. The molecule has 1 N–H and O–H groups in total. The van der Waals surface area contributed by atoms with Crippen molar-refractivity contribution in [2.75, 3.05) is 20.1 Å². The van der Waals surface area contributed by atoms with Crippen molar-refractivity contribution in [1.29, 1.82) is 0 Å². The smallest absolute Gasteiger partial charge is 0.308 e. The van der Waals surface area contributed by atoms with Gasteiger partial charge in [-0.25, -0.2) is 4.98 Å². The molecule has 5 heteroatoms. The molecule has 1 fully saturated rings. The molecule has 0 aliphatic carbocycles. The zero-order valence-electron chi connectivity index (χ0n) is 9.35. The van der Waals surface area contributed by atoms with Gasteiger partial charge in [0, 0.05) is 17.0 Å². The highest BCUT2D eigenvalue weighted by Gasteiger charge is 2.21. The number of carbonyl (C=O) groups is 1. The first-order valence-corrected chi connectivity index (χ1v) is 6.31. The normalized spacial score (nSPS) is 18.8. The molecule has 2 heterocycles. The predicted octanol–water partition coefficient (Wildman–Crippen LogP) is 1.58. The number of carboxylic acid groups (broad SMARTS) is 1. The third kappa shape index (κ3) is 2.80. The number of aromatic nitrogens is 1. The minimum Gasteiger partial charge on any atom is -0.481 e. The van der Waals surface area contributed by atoms with Gasteiger partial charge in [0.1, 0.15) is 0 Å². The molecular weight excluding hydrogens is 224 g/mol. The minimum absolute atomic E-state index is 0.101. The summed E-state index contributed by atoms with van der Waals surface area (Å²) in [5.74, 6) is -0.248. The molecular formula is C11H16N2O2S. The fourth-order valence-electron chi connectivity index (χ4n) is 2.00. The molecule has 0 radical (unpaired) electrons. The highest BCUT2D eigenvalue weighted by atomic mass is 32.1. The molecule has 2 rings (SSSR count). The molecule has 16 heavy (non-hydrogen) atoms. The third-order valence-electron chi connectivity index (χ3n) is 2.96. The summed E-state index contributed by atoms with van der Waals surface area (Å²) in [5.41, 5.74) is 0. The number of likely N-dealkylation sites (tertiary alicyclic amines) is 1. The fourth-order valence-corrected chi connectivity index (χ4v) is 3.08. The molecule has 1 aliphatic rings. The SMILES string of the molecule is CN1CCC(c2ncc(CC(=O)O)s2)CC1. The topological polar surface area (TPSA) is 53.4 Å². The van der Waals surface area contributed by atoms with Gasteiger partial charge in [0.25, 0.3) is 0 Å². The maximum Gasteiger partial charge on any atom is 0.308 e. The van der Waals surface area contributed by atoms with E-state index >= 15 is 0 Å². The van der Waals surface area contributed by atoms with E-state index in [1.165, 1.54) is 0 Å². The van der Waals surface area contributed by atoms with Crippen LogP contribution in [0, 0.1) is 0 Å². The second-order valence-electron chi connectivity index (χ2n) is 4.31. The molecule has 1 saturated heterocycles. The molecule has 1 aromatic rings. The molecule has 0 unspecified atom stereocenters. The Morgan fingerprint density at radius 1 is 1.62 bits per heavy atom. The van der Waals surface area contributed by atoms with Crippen LogP contribution in [0.4, 0.5) is 0 Å². The minimum atomic E-state index is -0.779. The standard InChI is InChI=1S/C11H16N2O2S/c1-13-4-2-8(3-5-13)11-12-7-9(16-11)6-10(14)15/h7-8H,2-6H2,1H3,(H,14,15). The first-order valence-electron chi connectivity index (χ1n) is 5.50. The van der Waals surface area contributed by atoms with E-state index in [4.69, 9.17) is 5.11 Å². The molecule has 1 aromatic heterocycles. The van der Waals surface area contributed by atoms with Gasteiger partial charge in [-0.05, 0) is 33.0 Å². The van der Waals surface area contributed by atoms with Crippen molar-refractivity contribution in [2.24, 2.45) is 0 Å². The number of piperidine rings is 1. The number of nitrogens with zero attached hydrogens (tertiary/aromatic N) is 2. The van der Waals surface area contributed by atoms with Crippen LogP contribution in [0.25, 0.3) is 0 Å². The summed E-state index contributed by atoms with van der Waals surface area (Å²) in [6, 6.07) is 0. The van der Waals surface area contributed by atoms with E-state index in [0.717, 1.165) is 35.8 Å². The lowest BCUT2D eigenvalue weighted by Crippen LogP contribution is -2.29. The van der Waals surface area contributed by atoms with Crippen LogP contribution in [0.1, 0.15) is 28.6 Å². The maximum absolute atomic E-state index is 10.6. The molecule has 88 valence electrons. The lowest BCUT2D eigenvalue weighted by molar-refractivity contribution is -0.136. The van der Waals surface area contributed by atoms with Gasteiger partial charge in [0.2, 0.25) is 0 Å². The average Bonchev–Trinajstić information content (AvgIpc) is 2.66. The Hall–Kier alpha value is -0.940. The zero-order chi connectivity index (χ0) is 11.5. The van der Waals surface area contributed by atoms with E-state index < -0.39 is 5.97 Å². The Labute approximate surface area is 98.9 Å². The van der Waals surface area contributed by atoms with Crippen LogP contribution in [-0.2, 0) is 11.2 Å². The third-order valence-corrected chi connectivity index (χ3v) is 4.12. The molecule has 0 bridgehead atoms. The highest BCUT2D eigenvalue weighted by molar-refractivity contribution is 7.11. The van der Waals surface area contributed by atoms with Crippen LogP contribution < -0.4 is 0 Å². The Balaban J connectivity index is 1.99. The quantitative estimate of drug-likeness (QED) is 0.871. The molecule has 0 aromatic carbocycles. The van der Waals surface area contributed by atoms with Crippen molar-refractivity contribution in [1.82, 2.24) is 9.88 Å². The molecule has 0 amide bonds. The van der Waals surface area contributed by atoms with Crippen LogP contribution in [0.2, 0.25) is 0 Å². The molecule has 0 spiro atoms. The van der Waals surface area contributed by atoms with Gasteiger partial charge >= 0.3 is 5.97 Å². The van der Waals surface area contributed by atoms with E-state index in [-0.39, 0.29) is 6.42 Å². The lowest BCUT2D eigenvalue weighted by atomic mass is 9.98. The average molecular weight is 240 g/mol. The number of thiazole rings is 1. The van der Waals surface area contributed by atoms with Gasteiger partial charge in [0.05, 0.1) is 11.4 Å². The van der Waals surface area contributed by atoms with Gasteiger partial charge in [0.15, 0.2) is 0 Å². The Kier molecular flexibility index (Phi) is 3.56. The second-order valence-corrected chi connectivity index (χ2v) is 5.46. The fraction of sp³-hybridized carbons (Fsp3) is 0.636. The summed E-state index contributed by atoms with van der Waals surface area (Å²) in [6.07, 6.45) is 4.09. The molecule has 0 atom stereocenters. The first kappa shape index (κ1) is 11.5. The van der Waals surface area contributed by atoms with E-state index in [9.17, 15) is 4.79 Å². The van der Waals surface area contributed by atoms with Crippen LogP contribution >= 0.6 is 11.3 Å². The predicted molar refractivity (Wildman–Crippen MR) is 62.9 cm³/mol. The summed E-state index contributed by atoms with van der Waals surface area (Å²) in [5, 5.41) is 9.81. The van der Waals surface area contributed by atoms with Crippen LogP contribution in [0.5, 0.6) is 0 Å². The summed E-state index contributed by atoms with van der Waals surface area (Å²) >= 11 is 1.56. The Morgan fingerprint density at radius 2 is 2.31 bits per heavy atom. The van der Waals surface area contributed by atoms with Crippen molar-refractivity contribution >= 4 is 17.3 Å². The molecule has 0 saturated carbocycles. The van der Waals surface area contributed by atoms with Crippen molar-refractivity contribution in [3.8, 4) is 0 Å². The number of rotatable bonds is 3.